The molecule has 3 N–H and O–H groups in total. The monoisotopic (exact) mass is 555 g/mol. The summed E-state index contributed by atoms with van der Waals surface area (Å²) in [4.78, 5) is 14.3. The molecule has 40 heavy (non-hydrogen) atoms. The van der Waals surface area contributed by atoms with Crippen LogP contribution in [0.3, 0.4) is 0 Å². The van der Waals surface area contributed by atoms with E-state index in [1.165, 1.54) is 12.1 Å². The number of fused-ring (bicyclic) bond motifs is 2. The van der Waals surface area contributed by atoms with Gasteiger partial charge in [0.2, 0.25) is 10.0 Å². The van der Waals surface area contributed by atoms with Gasteiger partial charge in [-0.25, -0.2) is 22.5 Å². The molecule has 0 saturated heterocycles. The van der Waals surface area contributed by atoms with Gasteiger partial charge in [-0.3, -0.25) is 10.1 Å². The van der Waals surface area contributed by atoms with Gasteiger partial charge in [0.1, 0.15) is 17.2 Å². The van der Waals surface area contributed by atoms with Gasteiger partial charge in [-0.1, -0.05) is 6.07 Å². The van der Waals surface area contributed by atoms with Gasteiger partial charge in [-0.15, -0.1) is 0 Å². The summed E-state index contributed by atoms with van der Waals surface area (Å²) in [7, 11) is 0.542. The average Bonchev–Trinajstić information content (AvgIpc) is 3.55. The van der Waals surface area contributed by atoms with Gasteiger partial charge in [0.15, 0.2) is 0 Å². The Morgan fingerprint density at radius 1 is 0.950 bits per heavy atom. The van der Waals surface area contributed by atoms with Crippen molar-refractivity contribution in [2.24, 2.45) is 0 Å². The Kier molecular flexibility index (Phi) is 6.32. The molecule has 9 nitrogen and oxygen atoms in total. The van der Waals surface area contributed by atoms with Crippen LogP contribution < -0.4 is 9.62 Å². The van der Waals surface area contributed by atoms with Crippen molar-refractivity contribution < 1.29 is 12.8 Å². The van der Waals surface area contributed by atoms with Crippen LogP contribution in [-0.4, -0.2) is 53.9 Å². The van der Waals surface area contributed by atoms with Gasteiger partial charge < -0.3 is 9.88 Å². The van der Waals surface area contributed by atoms with Gasteiger partial charge in [0.05, 0.1) is 29.4 Å². The van der Waals surface area contributed by atoms with Crippen LogP contribution in [-0.2, 0) is 16.6 Å². The largest absolute Gasteiger partial charge is 0.376 e. The number of nitrogens with one attached hydrogen (secondary N) is 3. The summed E-state index contributed by atoms with van der Waals surface area (Å²) in [6.07, 6.45) is 6.39. The molecule has 0 bridgehead atoms. The van der Waals surface area contributed by atoms with Crippen molar-refractivity contribution in [3.05, 3.63) is 84.6 Å². The van der Waals surface area contributed by atoms with Crippen molar-refractivity contribution in [3.8, 4) is 33.6 Å². The highest BCUT2D eigenvalue weighted by Crippen LogP contribution is 2.35. The third-order valence-corrected chi connectivity index (χ3v) is 7.40. The highest BCUT2D eigenvalue weighted by molar-refractivity contribution is 7.88. The molecule has 4 heterocycles. The first-order valence-corrected chi connectivity index (χ1v) is 14.4. The summed E-state index contributed by atoms with van der Waals surface area (Å²) in [6, 6.07) is 16.5. The molecule has 0 unspecified atom stereocenters. The van der Waals surface area contributed by atoms with Crippen LogP contribution in [0.1, 0.15) is 5.56 Å². The number of benzene rings is 2. The number of sulfonamides is 1. The summed E-state index contributed by atoms with van der Waals surface area (Å²) in [5.41, 5.74) is 7.91. The third kappa shape index (κ3) is 5.04. The Bertz CT molecular complexity index is 2000. The minimum Gasteiger partial charge on any atom is -0.376 e. The minimum atomic E-state index is -3.42. The van der Waals surface area contributed by atoms with Crippen molar-refractivity contribution >= 4 is 37.6 Å². The standard InChI is InChI=1S/C29H26FN7O2S/c1-37(2)22-11-20(15-31-16-22)18-4-5-26-25(12-18)28(36-35-26)27-13-24-23(6-7-32-29(24)34-27)19-8-17(9-21(30)10-19)14-33-40(3,38)39/h4-13,15-16,33H,14H2,1-3H3,(H,32,34)(H,35,36). The van der Waals surface area contributed by atoms with Crippen LogP contribution in [0.25, 0.3) is 55.6 Å². The van der Waals surface area contributed by atoms with E-state index >= 15 is 0 Å². The number of rotatable bonds is 7. The maximum atomic E-state index is 14.6. The van der Waals surface area contributed by atoms with E-state index in [2.05, 4.69) is 42.0 Å². The van der Waals surface area contributed by atoms with E-state index in [1.54, 1.807) is 12.3 Å². The lowest BCUT2D eigenvalue weighted by atomic mass is 10.0. The van der Waals surface area contributed by atoms with Crippen molar-refractivity contribution in [1.82, 2.24) is 29.9 Å². The number of halogens is 1. The molecule has 0 fully saturated rings. The van der Waals surface area contributed by atoms with Gasteiger partial charge in [0.25, 0.3) is 0 Å². The molecular weight excluding hydrogens is 529 g/mol. The molecule has 2 aromatic carbocycles. The molecule has 0 radical (unpaired) electrons. The number of H-pyrrole nitrogens is 2. The van der Waals surface area contributed by atoms with Gasteiger partial charge in [0, 0.05) is 49.4 Å². The smallest absolute Gasteiger partial charge is 0.209 e. The van der Waals surface area contributed by atoms with Crippen LogP contribution in [0.5, 0.6) is 0 Å². The minimum absolute atomic E-state index is 0.00916. The molecule has 202 valence electrons. The summed E-state index contributed by atoms with van der Waals surface area (Å²) >= 11 is 0. The fraction of sp³-hybridized carbons (Fsp3) is 0.138. The SMILES string of the molecule is CN(C)c1cncc(-c2ccc3[nH]nc(-c4cc5c(-c6cc(F)cc(CNS(C)(=O)=O)c6)ccnc5[nH]4)c3c2)c1. The quantitative estimate of drug-likeness (QED) is 0.253. The molecule has 0 aliphatic rings. The molecule has 0 saturated carbocycles. The number of hydrogen-bond donors (Lipinski definition) is 3. The number of pyridine rings is 2. The second-order valence-corrected chi connectivity index (χ2v) is 11.7. The third-order valence-electron chi connectivity index (χ3n) is 6.73. The number of aromatic amines is 2. The molecule has 6 aromatic rings. The lowest BCUT2D eigenvalue weighted by Crippen LogP contribution is -2.21. The molecule has 0 aliphatic heterocycles. The van der Waals surface area contributed by atoms with Gasteiger partial charge in [-0.05, 0) is 70.8 Å². The Balaban J connectivity index is 1.42. The van der Waals surface area contributed by atoms with Gasteiger partial charge >= 0.3 is 0 Å². The van der Waals surface area contributed by atoms with E-state index in [1.807, 2.05) is 55.7 Å². The summed E-state index contributed by atoms with van der Waals surface area (Å²) in [5.74, 6) is -0.456. The first-order chi connectivity index (χ1) is 19.1. The topological polar surface area (TPSA) is 120 Å². The lowest BCUT2D eigenvalue weighted by Gasteiger charge is -2.13. The normalized spacial score (nSPS) is 11.9. The summed E-state index contributed by atoms with van der Waals surface area (Å²) in [6.45, 7) is -0.00916. The maximum Gasteiger partial charge on any atom is 0.209 e. The van der Waals surface area contributed by atoms with Crippen molar-refractivity contribution in [2.75, 3.05) is 25.3 Å². The molecular formula is C29H26FN7O2S. The predicted molar refractivity (Wildman–Crippen MR) is 156 cm³/mol. The fourth-order valence-electron chi connectivity index (χ4n) is 4.76. The number of nitrogens with zero attached hydrogens (tertiary/aromatic N) is 4. The number of hydrogen-bond acceptors (Lipinski definition) is 6. The molecule has 11 heteroatoms. The first-order valence-electron chi connectivity index (χ1n) is 12.5. The van der Waals surface area contributed by atoms with Crippen LogP contribution in [0.2, 0.25) is 0 Å². The number of anilines is 1. The van der Waals surface area contributed by atoms with E-state index in [-0.39, 0.29) is 6.54 Å². The van der Waals surface area contributed by atoms with Crippen LogP contribution >= 0.6 is 0 Å². The molecule has 4 aromatic heterocycles. The summed E-state index contributed by atoms with van der Waals surface area (Å²) in [5, 5.41) is 9.42. The molecule has 0 atom stereocenters. The van der Waals surface area contributed by atoms with Crippen molar-refractivity contribution in [2.45, 2.75) is 6.54 Å². The van der Waals surface area contributed by atoms with Crippen LogP contribution in [0, 0.1) is 5.82 Å². The second kappa shape index (κ2) is 9.85. The van der Waals surface area contributed by atoms with E-state index < -0.39 is 15.8 Å². The van der Waals surface area contributed by atoms with E-state index in [4.69, 9.17) is 0 Å². The fourth-order valence-corrected chi connectivity index (χ4v) is 5.19. The van der Waals surface area contributed by atoms with Crippen LogP contribution in [0.15, 0.2) is 73.2 Å². The molecule has 0 aliphatic carbocycles. The second-order valence-electron chi connectivity index (χ2n) is 9.90. The zero-order valence-electron chi connectivity index (χ0n) is 22.0. The molecule has 0 spiro atoms. The van der Waals surface area contributed by atoms with E-state index in [0.29, 0.717) is 16.8 Å². The number of aromatic nitrogens is 5. The lowest BCUT2D eigenvalue weighted by molar-refractivity contribution is 0.586. The van der Waals surface area contributed by atoms with Crippen molar-refractivity contribution in [3.63, 3.8) is 0 Å². The molecule has 0 amide bonds. The zero-order valence-corrected chi connectivity index (χ0v) is 22.8. The maximum absolute atomic E-state index is 14.6. The van der Waals surface area contributed by atoms with Crippen molar-refractivity contribution in [1.29, 1.82) is 0 Å². The Morgan fingerprint density at radius 2 is 1.80 bits per heavy atom. The summed E-state index contributed by atoms with van der Waals surface area (Å²) < 4.78 is 40.1. The first kappa shape index (κ1) is 25.7. The molecule has 6 rings (SSSR count). The highest BCUT2D eigenvalue weighted by atomic mass is 32.2. The zero-order chi connectivity index (χ0) is 28.0. The average molecular weight is 556 g/mol. The van der Waals surface area contributed by atoms with Crippen LogP contribution in [0.4, 0.5) is 10.1 Å². The van der Waals surface area contributed by atoms with E-state index in [0.717, 1.165) is 56.3 Å². The Hall–Kier alpha value is -4.61. The Morgan fingerprint density at radius 3 is 2.60 bits per heavy atom. The van der Waals surface area contributed by atoms with Gasteiger partial charge in [-0.2, -0.15) is 5.10 Å². The van der Waals surface area contributed by atoms with E-state index in [9.17, 15) is 12.8 Å². The highest BCUT2D eigenvalue weighted by Gasteiger charge is 2.16. The Labute approximate surface area is 230 Å². The predicted octanol–water partition coefficient (Wildman–Crippen LogP) is 5.09.